The van der Waals surface area contributed by atoms with E-state index in [1.165, 1.54) is 18.6 Å². The molecule has 0 saturated carbocycles. The van der Waals surface area contributed by atoms with Crippen LogP contribution in [0, 0.1) is 0 Å². The van der Waals surface area contributed by atoms with Gasteiger partial charge in [0.1, 0.15) is 5.76 Å². The molecular formula is C12H19NOS. The monoisotopic (exact) mass is 225 g/mol. The molecule has 1 saturated heterocycles. The number of nitrogens with one attached hydrogen (secondary N) is 1. The Morgan fingerprint density at radius 2 is 2.53 bits per heavy atom. The van der Waals surface area contributed by atoms with Crippen LogP contribution in [0.15, 0.2) is 22.8 Å². The zero-order valence-corrected chi connectivity index (χ0v) is 10.1. The first-order valence-electron chi connectivity index (χ1n) is 5.73. The Morgan fingerprint density at radius 3 is 3.27 bits per heavy atom. The Morgan fingerprint density at radius 1 is 1.60 bits per heavy atom. The van der Waals surface area contributed by atoms with Crippen molar-refractivity contribution in [3.05, 3.63) is 24.2 Å². The molecule has 1 N–H and O–H groups in total. The summed E-state index contributed by atoms with van der Waals surface area (Å²) in [7, 11) is 0. The van der Waals surface area contributed by atoms with E-state index in [9.17, 15) is 0 Å². The summed E-state index contributed by atoms with van der Waals surface area (Å²) in [5.41, 5.74) is 0. The quantitative estimate of drug-likeness (QED) is 0.853. The molecule has 15 heavy (non-hydrogen) atoms. The molecule has 2 nitrogen and oxygen atoms in total. The zero-order valence-electron chi connectivity index (χ0n) is 9.24. The van der Waals surface area contributed by atoms with Crippen LogP contribution in [0.4, 0.5) is 0 Å². The molecule has 1 aromatic heterocycles. The highest BCUT2D eigenvalue weighted by Gasteiger charge is 2.20. The lowest BCUT2D eigenvalue weighted by Crippen LogP contribution is -2.40. The van der Waals surface area contributed by atoms with Gasteiger partial charge in [-0.25, -0.2) is 0 Å². The van der Waals surface area contributed by atoms with Gasteiger partial charge in [0.25, 0.3) is 0 Å². The second kappa shape index (κ2) is 5.61. The van der Waals surface area contributed by atoms with Crippen molar-refractivity contribution in [2.24, 2.45) is 0 Å². The summed E-state index contributed by atoms with van der Waals surface area (Å²) < 4.78 is 5.30. The molecule has 2 atom stereocenters. The largest absolute Gasteiger partial charge is 0.469 e. The highest BCUT2D eigenvalue weighted by molar-refractivity contribution is 7.99. The zero-order chi connectivity index (χ0) is 10.5. The molecule has 0 aromatic carbocycles. The predicted molar refractivity (Wildman–Crippen MR) is 65.4 cm³/mol. The summed E-state index contributed by atoms with van der Waals surface area (Å²) in [5.74, 6) is 2.41. The molecule has 2 unspecified atom stereocenters. The summed E-state index contributed by atoms with van der Waals surface area (Å²) in [6, 6.07) is 4.69. The van der Waals surface area contributed by atoms with Gasteiger partial charge in [0.15, 0.2) is 0 Å². The van der Waals surface area contributed by atoms with Gasteiger partial charge in [0, 0.05) is 24.3 Å². The van der Waals surface area contributed by atoms with Crippen LogP contribution in [0.5, 0.6) is 0 Å². The summed E-state index contributed by atoms with van der Waals surface area (Å²) in [4.78, 5) is 0. The fourth-order valence-corrected chi connectivity index (χ4v) is 3.20. The number of furan rings is 1. The molecule has 0 spiro atoms. The third-order valence-corrected chi connectivity index (χ3v) is 4.34. The smallest absolute Gasteiger partial charge is 0.105 e. The van der Waals surface area contributed by atoms with E-state index in [0.29, 0.717) is 6.04 Å². The standard InChI is InChI=1S/C12H19NOS/c1-10-12(5-3-9-15-10)13-7-6-11-4-2-8-14-11/h2,4,8,10,12-13H,3,5-7,9H2,1H3. The minimum atomic E-state index is 0.693. The van der Waals surface area contributed by atoms with Gasteiger partial charge < -0.3 is 9.73 Å². The van der Waals surface area contributed by atoms with Crippen molar-refractivity contribution < 1.29 is 4.42 Å². The normalized spacial score (nSPS) is 26.7. The van der Waals surface area contributed by atoms with Crippen molar-refractivity contribution in [1.82, 2.24) is 5.32 Å². The maximum Gasteiger partial charge on any atom is 0.105 e. The van der Waals surface area contributed by atoms with Gasteiger partial charge in [-0.3, -0.25) is 0 Å². The van der Waals surface area contributed by atoms with Crippen molar-refractivity contribution in [3.8, 4) is 0 Å². The van der Waals surface area contributed by atoms with E-state index in [0.717, 1.165) is 24.0 Å². The Labute approximate surface area is 95.8 Å². The fourth-order valence-electron chi connectivity index (χ4n) is 2.03. The Hall–Kier alpha value is -0.410. The number of hydrogen-bond acceptors (Lipinski definition) is 3. The molecule has 0 bridgehead atoms. The van der Waals surface area contributed by atoms with Crippen molar-refractivity contribution in [2.75, 3.05) is 12.3 Å². The number of thioether (sulfide) groups is 1. The lowest BCUT2D eigenvalue weighted by atomic mass is 10.1. The van der Waals surface area contributed by atoms with E-state index >= 15 is 0 Å². The Kier molecular flexibility index (Phi) is 4.15. The van der Waals surface area contributed by atoms with Gasteiger partial charge in [0.2, 0.25) is 0 Å². The van der Waals surface area contributed by atoms with Gasteiger partial charge in [-0.15, -0.1) is 0 Å². The van der Waals surface area contributed by atoms with E-state index in [1.54, 1.807) is 6.26 Å². The van der Waals surface area contributed by atoms with Crippen LogP contribution in [0.2, 0.25) is 0 Å². The van der Waals surface area contributed by atoms with Crippen LogP contribution in [0.1, 0.15) is 25.5 Å². The fraction of sp³-hybridized carbons (Fsp3) is 0.667. The Bertz CT molecular complexity index is 273. The first-order chi connectivity index (χ1) is 7.36. The highest BCUT2D eigenvalue weighted by Crippen LogP contribution is 2.24. The second-order valence-corrected chi connectivity index (χ2v) is 5.59. The topological polar surface area (TPSA) is 25.2 Å². The third kappa shape index (κ3) is 3.28. The first kappa shape index (κ1) is 11.1. The van der Waals surface area contributed by atoms with Crippen molar-refractivity contribution in [3.63, 3.8) is 0 Å². The summed E-state index contributed by atoms with van der Waals surface area (Å²) in [5, 5.41) is 4.39. The molecule has 0 aliphatic carbocycles. The number of rotatable bonds is 4. The van der Waals surface area contributed by atoms with Gasteiger partial charge in [0.05, 0.1) is 6.26 Å². The summed E-state index contributed by atoms with van der Waals surface area (Å²) >= 11 is 2.09. The first-order valence-corrected chi connectivity index (χ1v) is 6.78. The third-order valence-electron chi connectivity index (χ3n) is 2.96. The molecule has 84 valence electrons. The predicted octanol–water partition coefficient (Wildman–Crippen LogP) is 2.70. The molecule has 0 radical (unpaired) electrons. The Balaban J connectivity index is 1.68. The van der Waals surface area contributed by atoms with E-state index in [2.05, 4.69) is 24.0 Å². The van der Waals surface area contributed by atoms with E-state index < -0.39 is 0 Å². The molecule has 1 aromatic rings. The SMILES string of the molecule is CC1SCCCC1NCCc1ccco1. The molecular weight excluding hydrogens is 206 g/mol. The molecule has 1 aliphatic rings. The molecule has 1 aliphatic heterocycles. The lowest BCUT2D eigenvalue weighted by Gasteiger charge is -2.29. The second-order valence-electron chi connectivity index (χ2n) is 4.11. The van der Waals surface area contributed by atoms with E-state index in [4.69, 9.17) is 4.42 Å². The maximum absolute atomic E-state index is 5.30. The molecule has 1 fully saturated rings. The van der Waals surface area contributed by atoms with Crippen LogP contribution in [-0.2, 0) is 6.42 Å². The summed E-state index contributed by atoms with van der Waals surface area (Å²) in [6.45, 7) is 3.36. The van der Waals surface area contributed by atoms with Gasteiger partial charge in [-0.1, -0.05) is 6.92 Å². The van der Waals surface area contributed by atoms with Crippen LogP contribution >= 0.6 is 11.8 Å². The molecule has 0 amide bonds. The van der Waals surface area contributed by atoms with Crippen LogP contribution in [0.3, 0.4) is 0 Å². The number of hydrogen-bond donors (Lipinski definition) is 1. The maximum atomic E-state index is 5.30. The minimum absolute atomic E-state index is 0.693. The van der Waals surface area contributed by atoms with E-state index in [1.807, 2.05) is 12.1 Å². The lowest BCUT2D eigenvalue weighted by molar-refractivity contribution is 0.444. The van der Waals surface area contributed by atoms with Crippen LogP contribution in [-0.4, -0.2) is 23.6 Å². The molecule has 3 heteroatoms. The van der Waals surface area contributed by atoms with Crippen molar-refractivity contribution >= 4 is 11.8 Å². The average Bonchev–Trinajstić information content (AvgIpc) is 2.74. The van der Waals surface area contributed by atoms with Gasteiger partial charge in [-0.2, -0.15) is 11.8 Å². The molecule has 2 rings (SSSR count). The molecule has 2 heterocycles. The van der Waals surface area contributed by atoms with Gasteiger partial charge in [-0.05, 0) is 30.7 Å². The van der Waals surface area contributed by atoms with Crippen LogP contribution in [0.25, 0.3) is 0 Å². The van der Waals surface area contributed by atoms with Crippen molar-refractivity contribution in [2.45, 2.75) is 37.5 Å². The van der Waals surface area contributed by atoms with Crippen molar-refractivity contribution in [1.29, 1.82) is 0 Å². The summed E-state index contributed by atoms with van der Waals surface area (Å²) in [6.07, 6.45) is 5.43. The van der Waals surface area contributed by atoms with Gasteiger partial charge >= 0.3 is 0 Å². The van der Waals surface area contributed by atoms with Crippen LogP contribution < -0.4 is 5.32 Å². The minimum Gasteiger partial charge on any atom is -0.469 e. The average molecular weight is 225 g/mol. The van der Waals surface area contributed by atoms with E-state index in [-0.39, 0.29) is 0 Å². The highest BCUT2D eigenvalue weighted by atomic mass is 32.2.